The van der Waals surface area contributed by atoms with E-state index in [2.05, 4.69) is 25.5 Å². The first-order valence-electron chi connectivity index (χ1n) is 8.98. The number of likely N-dealkylation sites (N-methyl/N-ethyl adjacent to an activating group) is 1. The topological polar surface area (TPSA) is 96.2 Å². The minimum Gasteiger partial charge on any atom is -0.399 e. The molecule has 1 aromatic heterocycles. The molecule has 3 aromatic rings. The molecule has 0 aliphatic rings. The van der Waals surface area contributed by atoms with E-state index in [-0.39, 0.29) is 5.91 Å². The van der Waals surface area contributed by atoms with Crippen molar-refractivity contribution >= 4 is 39.7 Å². The number of carbonyl (C=O) groups excluding carboxylic acids is 1. The van der Waals surface area contributed by atoms with Gasteiger partial charge in [-0.3, -0.25) is 9.69 Å². The van der Waals surface area contributed by atoms with Crippen LogP contribution in [-0.4, -0.2) is 40.4 Å². The zero-order valence-electron chi connectivity index (χ0n) is 15.6. The third kappa shape index (κ3) is 4.71. The fourth-order valence-electron chi connectivity index (χ4n) is 2.80. The SMILES string of the molecule is CCN(CC)CC(=O)Nc1ccc(Nc2ncnc3ccc(N)cc23)cc1. The average Bonchev–Trinajstić information content (AvgIpc) is 2.68. The fourth-order valence-corrected chi connectivity index (χ4v) is 2.80. The summed E-state index contributed by atoms with van der Waals surface area (Å²) in [5.74, 6) is 0.669. The van der Waals surface area contributed by atoms with Crippen molar-refractivity contribution in [2.45, 2.75) is 13.8 Å². The predicted molar refractivity (Wildman–Crippen MR) is 110 cm³/mol. The van der Waals surface area contributed by atoms with Gasteiger partial charge < -0.3 is 16.4 Å². The van der Waals surface area contributed by atoms with Crippen LogP contribution in [0.2, 0.25) is 0 Å². The van der Waals surface area contributed by atoms with Crippen LogP contribution in [0.25, 0.3) is 10.9 Å². The highest BCUT2D eigenvalue weighted by Crippen LogP contribution is 2.25. The maximum atomic E-state index is 12.1. The molecule has 3 rings (SSSR count). The highest BCUT2D eigenvalue weighted by Gasteiger charge is 2.08. The number of nitrogen functional groups attached to an aromatic ring is 1. The molecule has 2 aromatic carbocycles. The summed E-state index contributed by atoms with van der Waals surface area (Å²) in [6, 6.07) is 13.0. The molecule has 4 N–H and O–H groups in total. The van der Waals surface area contributed by atoms with Gasteiger partial charge in [0.2, 0.25) is 5.91 Å². The van der Waals surface area contributed by atoms with Crippen molar-refractivity contribution in [2.75, 3.05) is 36.0 Å². The minimum absolute atomic E-state index is 0.0170. The largest absolute Gasteiger partial charge is 0.399 e. The number of hydrogen-bond acceptors (Lipinski definition) is 6. The quantitative estimate of drug-likeness (QED) is 0.557. The van der Waals surface area contributed by atoms with Crippen LogP contribution in [0.1, 0.15) is 13.8 Å². The van der Waals surface area contributed by atoms with Gasteiger partial charge in [0, 0.05) is 22.4 Å². The van der Waals surface area contributed by atoms with Crippen LogP contribution in [0.5, 0.6) is 0 Å². The second kappa shape index (κ2) is 8.46. The van der Waals surface area contributed by atoms with Crippen LogP contribution < -0.4 is 16.4 Å². The number of benzene rings is 2. The summed E-state index contributed by atoms with van der Waals surface area (Å²) in [5.41, 5.74) is 8.98. The number of hydrogen-bond donors (Lipinski definition) is 3. The van der Waals surface area contributed by atoms with Crippen LogP contribution in [0.4, 0.5) is 22.9 Å². The first-order chi connectivity index (χ1) is 13.1. The van der Waals surface area contributed by atoms with Crippen molar-refractivity contribution in [1.82, 2.24) is 14.9 Å². The number of fused-ring (bicyclic) bond motifs is 1. The molecular weight excluding hydrogens is 340 g/mol. The number of carbonyl (C=O) groups is 1. The molecule has 0 saturated carbocycles. The molecule has 0 aliphatic heterocycles. The van der Waals surface area contributed by atoms with Crippen molar-refractivity contribution in [3.63, 3.8) is 0 Å². The Hall–Kier alpha value is -3.19. The Morgan fingerprint density at radius 2 is 1.74 bits per heavy atom. The van der Waals surface area contributed by atoms with E-state index in [1.54, 1.807) is 0 Å². The zero-order chi connectivity index (χ0) is 19.2. The van der Waals surface area contributed by atoms with Crippen molar-refractivity contribution in [2.24, 2.45) is 0 Å². The molecule has 0 spiro atoms. The van der Waals surface area contributed by atoms with Gasteiger partial charge in [0.1, 0.15) is 12.1 Å². The van der Waals surface area contributed by atoms with E-state index in [1.807, 2.05) is 56.3 Å². The van der Waals surface area contributed by atoms with Gasteiger partial charge in [-0.2, -0.15) is 0 Å². The van der Waals surface area contributed by atoms with Crippen molar-refractivity contribution in [3.8, 4) is 0 Å². The van der Waals surface area contributed by atoms with Gasteiger partial charge in [-0.1, -0.05) is 13.8 Å². The van der Waals surface area contributed by atoms with Crippen LogP contribution in [0.15, 0.2) is 48.8 Å². The standard InChI is InChI=1S/C20H24N6O/c1-3-26(4-2)12-19(27)24-15-6-8-16(9-7-15)25-20-17-11-14(21)5-10-18(17)22-13-23-20/h5-11,13H,3-4,12,21H2,1-2H3,(H,24,27)(H,22,23,25). The summed E-state index contributed by atoms with van der Waals surface area (Å²) in [5, 5.41) is 7.05. The molecule has 0 unspecified atom stereocenters. The molecule has 0 atom stereocenters. The monoisotopic (exact) mass is 364 g/mol. The van der Waals surface area contributed by atoms with E-state index < -0.39 is 0 Å². The van der Waals surface area contributed by atoms with Gasteiger partial charge >= 0.3 is 0 Å². The van der Waals surface area contributed by atoms with E-state index in [4.69, 9.17) is 5.73 Å². The van der Waals surface area contributed by atoms with Crippen molar-refractivity contribution in [1.29, 1.82) is 0 Å². The van der Waals surface area contributed by atoms with Crippen LogP contribution in [0, 0.1) is 0 Å². The lowest BCUT2D eigenvalue weighted by Crippen LogP contribution is -2.32. The summed E-state index contributed by atoms with van der Waals surface area (Å²) >= 11 is 0. The molecule has 0 saturated heterocycles. The van der Waals surface area contributed by atoms with E-state index >= 15 is 0 Å². The van der Waals surface area contributed by atoms with Crippen LogP contribution in [0.3, 0.4) is 0 Å². The number of nitrogens with two attached hydrogens (primary N) is 1. The number of nitrogens with zero attached hydrogens (tertiary/aromatic N) is 3. The Labute approximate surface area is 158 Å². The molecule has 140 valence electrons. The van der Waals surface area contributed by atoms with E-state index in [1.165, 1.54) is 6.33 Å². The Kier molecular flexibility index (Phi) is 5.83. The number of nitrogens with one attached hydrogen (secondary N) is 2. The molecule has 1 amide bonds. The van der Waals surface area contributed by atoms with E-state index in [0.29, 0.717) is 18.1 Å². The molecule has 0 radical (unpaired) electrons. The van der Waals surface area contributed by atoms with E-state index in [9.17, 15) is 4.79 Å². The lowest BCUT2D eigenvalue weighted by Gasteiger charge is -2.17. The number of aromatic nitrogens is 2. The summed E-state index contributed by atoms with van der Waals surface area (Å²) in [6.45, 7) is 6.18. The smallest absolute Gasteiger partial charge is 0.238 e. The van der Waals surface area contributed by atoms with Crippen molar-refractivity contribution < 1.29 is 4.79 Å². The van der Waals surface area contributed by atoms with Gasteiger partial charge in [0.15, 0.2) is 0 Å². The van der Waals surface area contributed by atoms with Gasteiger partial charge in [-0.15, -0.1) is 0 Å². The Bertz CT molecular complexity index is 921. The molecule has 0 bridgehead atoms. The third-order valence-corrected chi connectivity index (χ3v) is 4.35. The molecule has 0 aliphatic carbocycles. The first-order valence-corrected chi connectivity index (χ1v) is 8.98. The molecule has 7 nitrogen and oxygen atoms in total. The number of amides is 1. The zero-order valence-corrected chi connectivity index (χ0v) is 15.6. The molecule has 0 fully saturated rings. The number of rotatable bonds is 7. The van der Waals surface area contributed by atoms with Crippen LogP contribution >= 0.6 is 0 Å². The fraction of sp³-hybridized carbons (Fsp3) is 0.250. The predicted octanol–water partition coefficient (Wildman–Crippen LogP) is 3.24. The summed E-state index contributed by atoms with van der Waals surface area (Å²) in [7, 11) is 0. The minimum atomic E-state index is -0.0170. The van der Waals surface area contributed by atoms with Crippen LogP contribution in [-0.2, 0) is 4.79 Å². The van der Waals surface area contributed by atoms with Gasteiger partial charge in [-0.05, 0) is 55.6 Å². The molecular formula is C20H24N6O. The van der Waals surface area contributed by atoms with E-state index in [0.717, 1.165) is 35.4 Å². The maximum Gasteiger partial charge on any atom is 0.238 e. The molecule has 27 heavy (non-hydrogen) atoms. The Balaban J connectivity index is 1.70. The number of anilines is 4. The van der Waals surface area contributed by atoms with Gasteiger partial charge in [0.05, 0.1) is 12.1 Å². The summed E-state index contributed by atoms with van der Waals surface area (Å²) in [6.07, 6.45) is 1.52. The van der Waals surface area contributed by atoms with Gasteiger partial charge in [0.25, 0.3) is 0 Å². The Morgan fingerprint density at radius 1 is 1.04 bits per heavy atom. The first kappa shape index (κ1) is 18.6. The highest BCUT2D eigenvalue weighted by atomic mass is 16.2. The normalized spacial score (nSPS) is 10.9. The lowest BCUT2D eigenvalue weighted by atomic mass is 10.2. The lowest BCUT2D eigenvalue weighted by molar-refractivity contribution is -0.117. The molecule has 7 heteroatoms. The Morgan fingerprint density at radius 3 is 2.44 bits per heavy atom. The summed E-state index contributed by atoms with van der Waals surface area (Å²) in [4.78, 5) is 22.7. The second-order valence-corrected chi connectivity index (χ2v) is 6.21. The second-order valence-electron chi connectivity index (χ2n) is 6.21. The summed E-state index contributed by atoms with van der Waals surface area (Å²) < 4.78 is 0. The van der Waals surface area contributed by atoms with Crippen molar-refractivity contribution in [3.05, 3.63) is 48.8 Å². The maximum absolute atomic E-state index is 12.1. The molecule has 1 heterocycles. The average molecular weight is 364 g/mol. The highest BCUT2D eigenvalue weighted by molar-refractivity contribution is 5.94. The third-order valence-electron chi connectivity index (χ3n) is 4.35. The van der Waals surface area contributed by atoms with Gasteiger partial charge in [-0.25, -0.2) is 9.97 Å².